The quantitative estimate of drug-likeness (QED) is 0.227. The Morgan fingerprint density at radius 1 is 1.24 bits per heavy atom. The van der Waals surface area contributed by atoms with Crippen LogP contribution in [0.1, 0.15) is 31.2 Å². The van der Waals surface area contributed by atoms with Crippen LogP contribution in [0, 0.1) is 5.92 Å². The van der Waals surface area contributed by atoms with Crippen molar-refractivity contribution in [3.05, 3.63) is 54.1 Å². The summed E-state index contributed by atoms with van der Waals surface area (Å²) < 4.78 is 1.95. The fourth-order valence-corrected chi connectivity index (χ4v) is 3.92. The zero-order valence-electron chi connectivity index (χ0n) is 18.6. The summed E-state index contributed by atoms with van der Waals surface area (Å²) in [7, 11) is 0. The highest BCUT2D eigenvalue weighted by atomic mass is 127. The number of guanidine groups is 1. The number of halogens is 1. The lowest BCUT2D eigenvalue weighted by Gasteiger charge is -2.33. The van der Waals surface area contributed by atoms with Crippen LogP contribution in [0.3, 0.4) is 0 Å². The molecule has 3 aromatic heterocycles. The van der Waals surface area contributed by atoms with E-state index in [1.807, 2.05) is 47.9 Å². The molecule has 0 bridgehead atoms. The first-order chi connectivity index (χ1) is 15.7. The van der Waals surface area contributed by atoms with Crippen molar-refractivity contribution in [1.82, 2.24) is 30.2 Å². The van der Waals surface area contributed by atoms with E-state index in [4.69, 9.17) is 10.7 Å². The minimum Gasteiger partial charge on any atom is -0.369 e. The molecule has 0 spiro atoms. The van der Waals surface area contributed by atoms with Gasteiger partial charge < -0.3 is 21.3 Å². The molecule has 4 N–H and O–H groups in total. The highest BCUT2D eigenvalue weighted by molar-refractivity contribution is 14.0. The molecule has 1 fully saturated rings. The van der Waals surface area contributed by atoms with Crippen LogP contribution in [0.25, 0.3) is 5.65 Å². The van der Waals surface area contributed by atoms with Gasteiger partial charge in [-0.25, -0.2) is 9.98 Å². The molecule has 3 aromatic rings. The third kappa shape index (κ3) is 6.09. The van der Waals surface area contributed by atoms with E-state index in [-0.39, 0.29) is 35.8 Å². The number of fused-ring (bicyclic) bond motifs is 1. The van der Waals surface area contributed by atoms with Crippen LogP contribution in [0.15, 0.2) is 47.7 Å². The zero-order chi connectivity index (χ0) is 22.3. The molecule has 1 aliphatic heterocycles. The number of hydrogen-bond donors (Lipinski definition) is 3. The van der Waals surface area contributed by atoms with Crippen molar-refractivity contribution in [1.29, 1.82) is 0 Å². The Kier molecular flexibility index (Phi) is 8.80. The number of hydrogen-bond acceptors (Lipinski definition) is 6. The summed E-state index contributed by atoms with van der Waals surface area (Å²) in [5, 5.41) is 15.0. The van der Waals surface area contributed by atoms with E-state index in [1.54, 1.807) is 6.20 Å². The number of primary amides is 1. The zero-order valence-corrected chi connectivity index (χ0v) is 21.0. The SMILES string of the molecule is CCNC(=NCc1cccnc1N1CCCC(C(N)=O)C1)NCc1nnc2ccccn12.I. The molecule has 11 heteroatoms. The number of nitrogens with zero attached hydrogens (tertiary/aromatic N) is 6. The predicted molar refractivity (Wildman–Crippen MR) is 138 cm³/mol. The second kappa shape index (κ2) is 11.8. The van der Waals surface area contributed by atoms with Gasteiger partial charge in [0.25, 0.3) is 0 Å². The second-order valence-corrected chi connectivity index (χ2v) is 7.77. The molecule has 0 saturated carbocycles. The molecule has 0 aromatic carbocycles. The number of carbonyl (C=O) groups excluding carboxylic acids is 1. The largest absolute Gasteiger partial charge is 0.369 e. The van der Waals surface area contributed by atoms with E-state index in [0.29, 0.717) is 25.6 Å². The van der Waals surface area contributed by atoms with Crippen molar-refractivity contribution < 1.29 is 4.79 Å². The van der Waals surface area contributed by atoms with Gasteiger partial charge in [-0.3, -0.25) is 9.20 Å². The van der Waals surface area contributed by atoms with Crippen molar-refractivity contribution in [2.24, 2.45) is 16.6 Å². The van der Waals surface area contributed by atoms with Crippen LogP contribution in [0.5, 0.6) is 0 Å². The number of aromatic nitrogens is 4. The number of aliphatic imine (C=N–C) groups is 1. The molecule has 1 amide bonds. The van der Waals surface area contributed by atoms with Crippen LogP contribution >= 0.6 is 24.0 Å². The summed E-state index contributed by atoms with van der Waals surface area (Å²) in [6, 6.07) is 9.74. The minimum atomic E-state index is -0.246. The molecular weight excluding hydrogens is 533 g/mol. The van der Waals surface area contributed by atoms with E-state index in [0.717, 1.165) is 48.8 Å². The number of pyridine rings is 2. The summed E-state index contributed by atoms with van der Waals surface area (Å²) in [6.45, 7) is 5.16. The van der Waals surface area contributed by atoms with Gasteiger partial charge in [0.15, 0.2) is 17.4 Å². The Morgan fingerprint density at radius 3 is 2.94 bits per heavy atom. The first-order valence-electron chi connectivity index (χ1n) is 10.9. The number of piperidine rings is 1. The van der Waals surface area contributed by atoms with Gasteiger partial charge in [-0.1, -0.05) is 12.1 Å². The number of amides is 1. The van der Waals surface area contributed by atoms with E-state index in [1.165, 1.54) is 0 Å². The van der Waals surface area contributed by atoms with Crippen LogP contribution in [0.4, 0.5) is 5.82 Å². The van der Waals surface area contributed by atoms with Crippen molar-refractivity contribution in [2.45, 2.75) is 32.9 Å². The lowest BCUT2D eigenvalue weighted by molar-refractivity contribution is -0.122. The summed E-state index contributed by atoms with van der Waals surface area (Å²) in [5.74, 6) is 1.97. The smallest absolute Gasteiger partial charge is 0.222 e. The van der Waals surface area contributed by atoms with Gasteiger partial charge in [-0.05, 0) is 38.0 Å². The predicted octanol–water partition coefficient (Wildman–Crippen LogP) is 1.70. The van der Waals surface area contributed by atoms with Crippen molar-refractivity contribution in [3.8, 4) is 0 Å². The average Bonchev–Trinajstić information content (AvgIpc) is 3.24. The van der Waals surface area contributed by atoms with Gasteiger partial charge in [0.1, 0.15) is 5.82 Å². The topological polar surface area (TPSA) is 126 Å². The maximum absolute atomic E-state index is 11.7. The highest BCUT2D eigenvalue weighted by Gasteiger charge is 2.25. The Morgan fingerprint density at radius 2 is 2.12 bits per heavy atom. The molecular formula is C22H30IN9O. The molecule has 1 saturated heterocycles. The molecule has 0 radical (unpaired) electrons. The number of nitrogens with two attached hydrogens (primary N) is 1. The minimum absolute atomic E-state index is 0. The normalized spacial score (nSPS) is 16.3. The van der Waals surface area contributed by atoms with Gasteiger partial charge in [-0.2, -0.15) is 0 Å². The first-order valence-corrected chi connectivity index (χ1v) is 10.9. The van der Waals surface area contributed by atoms with Crippen molar-refractivity contribution in [3.63, 3.8) is 0 Å². The number of anilines is 1. The Labute approximate surface area is 210 Å². The number of rotatable bonds is 7. The third-order valence-electron chi connectivity index (χ3n) is 5.54. The highest BCUT2D eigenvalue weighted by Crippen LogP contribution is 2.25. The molecule has 0 aliphatic carbocycles. The van der Waals surface area contributed by atoms with Crippen LogP contribution in [-0.4, -0.2) is 51.1 Å². The number of carbonyl (C=O) groups is 1. The molecule has 4 rings (SSSR count). The van der Waals surface area contributed by atoms with Gasteiger partial charge in [0.05, 0.1) is 19.0 Å². The summed E-state index contributed by atoms with van der Waals surface area (Å²) in [6.07, 6.45) is 5.47. The van der Waals surface area contributed by atoms with Gasteiger partial charge in [0.2, 0.25) is 5.91 Å². The first kappa shape index (κ1) is 24.7. The summed E-state index contributed by atoms with van der Waals surface area (Å²) in [5.41, 5.74) is 7.36. The molecule has 10 nitrogen and oxygen atoms in total. The lowest BCUT2D eigenvalue weighted by atomic mass is 9.97. The maximum atomic E-state index is 11.7. The second-order valence-electron chi connectivity index (χ2n) is 7.77. The molecule has 1 aliphatic rings. The Bertz CT molecular complexity index is 1100. The van der Waals surface area contributed by atoms with E-state index in [2.05, 4.69) is 30.7 Å². The maximum Gasteiger partial charge on any atom is 0.222 e. The average molecular weight is 563 g/mol. The fourth-order valence-electron chi connectivity index (χ4n) is 3.92. The molecule has 176 valence electrons. The third-order valence-corrected chi connectivity index (χ3v) is 5.54. The Hall–Kier alpha value is -2.96. The van der Waals surface area contributed by atoms with Gasteiger partial charge in [-0.15, -0.1) is 34.2 Å². The van der Waals surface area contributed by atoms with E-state index < -0.39 is 0 Å². The van der Waals surface area contributed by atoms with Crippen molar-refractivity contribution in [2.75, 3.05) is 24.5 Å². The molecule has 1 unspecified atom stereocenters. The van der Waals surface area contributed by atoms with Gasteiger partial charge in [0, 0.05) is 37.6 Å². The summed E-state index contributed by atoms with van der Waals surface area (Å²) in [4.78, 5) is 23.2. The van der Waals surface area contributed by atoms with E-state index >= 15 is 0 Å². The van der Waals surface area contributed by atoms with Crippen LogP contribution in [-0.2, 0) is 17.9 Å². The molecule has 4 heterocycles. The van der Waals surface area contributed by atoms with Gasteiger partial charge >= 0.3 is 0 Å². The standard InChI is InChI=1S/C22H29N9O.HI/c1-2-24-22(27-14-19-29-28-18-9-3-4-12-31(18)19)26-13-16-7-5-10-25-21(16)30-11-6-8-17(15-30)20(23)32;/h3-5,7,9-10,12,17H,2,6,8,11,13-15H2,1H3,(H2,23,32)(H2,24,26,27);1H. The Balaban J connectivity index is 0.00000306. The van der Waals surface area contributed by atoms with Crippen molar-refractivity contribution >= 4 is 47.3 Å². The fraction of sp³-hybridized carbons (Fsp3) is 0.409. The molecule has 33 heavy (non-hydrogen) atoms. The monoisotopic (exact) mass is 563 g/mol. The number of nitrogens with one attached hydrogen (secondary N) is 2. The summed E-state index contributed by atoms with van der Waals surface area (Å²) >= 11 is 0. The van der Waals surface area contributed by atoms with Crippen LogP contribution < -0.4 is 21.3 Å². The van der Waals surface area contributed by atoms with Crippen LogP contribution in [0.2, 0.25) is 0 Å². The lowest BCUT2D eigenvalue weighted by Crippen LogP contribution is -2.42. The van der Waals surface area contributed by atoms with E-state index in [9.17, 15) is 4.79 Å². The molecule has 1 atom stereocenters.